The molecule has 0 amide bonds. The van der Waals surface area contributed by atoms with Gasteiger partial charge in [-0.15, -0.1) is 0 Å². The van der Waals surface area contributed by atoms with E-state index in [1.807, 2.05) is 0 Å². The maximum Gasteiger partial charge on any atom is 0.320 e. The monoisotopic (exact) mass is 169 g/mol. The number of carboxylic acid groups (broad SMARTS) is 1. The molecule has 3 heteroatoms. The summed E-state index contributed by atoms with van der Waals surface area (Å²) in [6.07, 6.45) is 4.83. The number of hydrogen-bond donors (Lipinski definition) is 2. The van der Waals surface area contributed by atoms with Crippen LogP contribution in [0.25, 0.3) is 0 Å². The Morgan fingerprint density at radius 3 is 2.83 bits per heavy atom. The number of carboxylic acids is 1. The van der Waals surface area contributed by atoms with Gasteiger partial charge in [0.1, 0.15) is 6.04 Å². The minimum Gasteiger partial charge on any atom is -0.480 e. The Bertz CT molecular complexity index is 193. The first kappa shape index (κ1) is 8.05. The third kappa shape index (κ3) is 1.22. The molecule has 0 spiro atoms. The van der Waals surface area contributed by atoms with Gasteiger partial charge < -0.3 is 10.4 Å². The third-order valence-corrected chi connectivity index (χ3v) is 3.26. The highest BCUT2D eigenvalue weighted by Crippen LogP contribution is 2.35. The van der Waals surface area contributed by atoms with Gasteiger partial charge in [0, 0.05) is 0 Å². The van der Waals surface area contributed by atoms with Crippen molar-refractivity contribution in [3.63, 3.8) is 0 Å². The molecule has 1 saturated carbocycles. The van der Waals surface area contributed by atoms with Gasteiger partial charge in [0.25, 0.3) is 0 Å². The van der Waals surface area contributed by atoms with Crippen LogP contribution >= 0.6 is 0 Å². The first-order chi connectivity index (χ1) is 5.79. The van der Waals surface area contributed by atoms with Gasteiger partial charge in [0.15, 0.2) is 0 Å². The highest BCUT2D eigenvalue weighted by Gasteiger charge is 2.40. The highest BCUT2D eigenvalue weighted by molar-refractivity contribution is 5.74. The molecule has 2 aliphatic rings. The van der Waals surface area contributed by atoms with E-state index in [0.717, 1.165) is 13.0 Å². The van der Waals surface area contributed by atoms with Gasteiger partial charge in [-0.25, -0.2) is 0 Å². The fourth-order valence-corrected chi connectivity index (χ4v) is 2.63. The second kappa shape index (κ2) is 3.05. The predicted octanol–water partition coefficient (Wildman–Crippen LogP) is 0.849. The van der Waals surface area contributed by atoms with Crippen molar-refractivity contribution in [2.24, 2.45) is 11.8 Å². The van der Waals surface area contributed by atoms with Crippen molar-refractivity contribution in [1.82, 2.24) is 5.32 Å². The van der Waals surface area contributed by atoms with Gasteiger partial charge in [-0.3, -0.25) is 4.79 Å². The van der Waals surface area contributed by atoms with E-state index in [1.54, 1.807) is 0 Å². The molecular weight excluding hydrogens is 154 g/mol. The van der Waals surface area contributed by atoms with Crippen molar-refractivity contribution in [1.29, 1.82) is 0 Å². The smallest absolute Gasteiger partial charge is 0.320 e. The summed E-state index contributed by atoms with van der Waals surface area (Å²) in [5, 5.41) is 12.0. The lowest BCUT2D eigenvalue weighted by atomic mass is 9.78. The summed E-state index contributed by atoms with van der Waals surface area (Å²) in [7, 11) is 0. The van der Waals surface area contributed by atoms with Crippen LogP contribution < -0.4 is 5.32 Å². The Morgan fingerprint density at radius 2 is 2.08 bits per heavy atom. The summed E-state index contributed by atoms with van der Waals surface area (Å²) >= 11 is 0. The zero-order chi connectivity index (χ0) is 8.55. The highest BCUT2D eigenvalue weighted by atomic mass is 16.4. The fraction of sp³-hybridized carbons (Fsp3) is 0.889. The van der Waals surface area contributed by atoms with E-state index < -0.39 is 5.97 Å². The molecule has 0 aromatic rings. The molecule has 0 radical (unpaired) electrons. The van der Waals surface area contributed by atoms with E-state index in [0.29, 0.717) is 11.8 Å². The summed E-state index contributed by atoms with van der Waals surface area (Å²) in [5.41, 5.74) is 0. The first-order valence-electron chi connectivity index (χ1n) is 4.75. The third-order valence-electron chi connectivity index (χ3n) is 3.26. The van der Waals surface area contributed by atoms with E-state index in [4.69, 9.17) is 5.11 Å². The van der Waals surface area contributed by atoms with E-state index in [1.165, 1.54) is 19.3 Å². The molecular formula is C9H15NO2. The van der Waals surface area contributed by atoms with Crippen LogP contribution in [0.4, 0.5) is 0 Å². The van der Waals surface area contributed by atoms with Crippen LogP contribution in [0.3, 0.4) is 0 Å². The first-order valence-corrected chi connectivity index (χ1v) is 4.75. The van der Waals surface area contributed by atoms with Crippen LogP contribution in [0.1, 0.15) is 25.7 Å². The summed E-state index contributed by atoms with van der Waals surface area (Å²) in [5.74, 6) is 0.389. The van der Waals surface area contributed by atoms with E-state index in [9.17, 15) is 4.79 Å². The van der Waals surface area contributed by atoms with Crippen molar-refractivity contribution in [2.45, 2.75) is 31.7 Å². The Labute approximate surface area is 72.2 Å². The van der Waals surface area contributed by atoms with Crippen molar-refractivity contribution in [3.05, 3.63) is 0 Å². The number of hydrogen-bond acceptors (Lipinski definition) is 2. The van der Waals surface area contributed by atoms with Crippen LogP contribution in [0.15, 0.2) is 0 Å². The van der Waals surface area contributed by atoms with E-state index in [2.05, 4.69) is 5.32 Å². The van der Waals surface area contributed by atoms with Gasteiger partial charge in [-0.05, 0) is 31.2 Å². The normalized spacial score (nSPS) is 40.8. The molecule has 0 bridgehead atoms. The van der Waals surface area contributed by atoms with E-state index >= 15 is 0 Å². The molecule has 2 rings (SSSR count). The molecule has 0 unspecified atom stereocenters. The number of carbonyl (C=O) groups is 1. The van der Waals surface area contributed by atoms with Gasteiger partial charge in [-0.2, -0.15) is 0 Å². The van der Waals surface area contributed by atoms with Crippen molar-refractivity contribution < 1.29 is 9.90 Å². The standard InChI is InChI=1S/C9H15NO2/c11-9(12)8-7-4-2-1-3-6(7)5-10-8/h6-8,10H,1-5H2,(H,11,12)/t6-,7-,8-/m0/s1. The topological polar surface area (TPSA) is 49.3 Å². The molecule has 3 nitrogen and oxygen atoms in total. The minimum absolute atomic E-state index is 0.254. The molecule has 12 heavy (non-hydrogen) atoms. The van der Waals surface area contributed by atoms with Crippen LogP contribution in [0.5, 0.6) is 0 Å². The van der Waals surface area contributed by atoms with Crippen LogP contribution in [0, 0.1) is 11.8 Å². The average Bonchev–Trinajstić information content (AvgIpc) is 2.47. The maximum atomic E-state index is 10.8. The van der Waals surface area contributed by atoms with Crippen molar-refractivity contribution in [3.8, 4) is 0 Å². The fourth-order valence-electron chi connectivity index (χ4n) is 2.63. The Hall–Kier alpha value is -0.570. The lowest BCUT2D eigenvalue weighted by Crippen LogP contribution is -2.36. The summed E-state index contributed by atoms with van der Waals surface area (Å²) in [6, 6.07) is -0.254. The zero-order valence-electron chi connectivity index (χ0n) is 7.12. The number of nitrogens with one attached hydrogen (secondary N) is 1. The minimum atomic E-state index is -0.663. The molecule has 0 aromatic carbocycles. The number of rotatable bonds is 1. The summed E-state index contributed by atoms with van der Waals surface area (Å²) in [4.78, 5) is 10.8. The zero-order valence-corrected chi connectivity index (χ0v) is 7.12. The Kier molecular flexibility index (Phi) is 2.05. The second-order valence-corrected chi connectivity index (χ2v) is 3.93. The Balaban J connectivity index is 2.05. The van der Waals surface area contributed by atoms with Gasteiger partial charge in [0.05, 0.1) is 0 Å². The quantitative estimate of drug-likeness (QED) is 0.611. The van der Waals surface area contributed by atoms with Gasteiger partial charge in [-0.1, -0.05) is 12.8 Å². The molecule has 68 valence electrons. The number of aliphatic carboxylic acids is 1. The lowest BCUT2D eigenvalue weighted by molar-refractivity contribution is -0.140. The molecule has 1 saturated heterocycles. The van der Waals surface area contributed by atoms with Crippen molar-refractivity contribution in [2.75, 3.05) is 6.54 Å². The molecule has 1 heterocycles. The van der Waals surface area contributed by atoms with Crippen LogP contribution in [-0.4, -0.2) is 23.7 Å². The largest absolute Gasteiger partial charge is 0.480 e. The predicted molar refractivity (Wildman–Crippen MR) is 44.9 cm³/mol. The molecule has 3 atom stereocenters. The second-order valence-electron chi connectivity index (χ2n) is 3.93. The maximum absolute atomic E-state index is 10.8. The molecule has 2 N–H and O–H groups in total. The van der Waals surface area contributed by atoms with Gasteiger partial charge >= 0.3 is 5.97 Å². The van der Waals surface area contributed by atoms with Crippen LogP contribution in [-0.2, 0) is 4.79 Å². The Morgan fingerprint density at radius 1 is 1.33 bits per heavy atom. The SMILES string of the molecule is O=C(O)[C@H]1NC[C@@H]2CCCC[C@@H]21. The molecule has 1 aliphatic carbocycles. The molecule has 1 aliphatic heterocycles. The van der Waals surface area contributed by atoms with Crippen LogP contribution in [0.2, 0.25) is 0 Å². The average molecular weight is 169 g/mol. The summed E-state index contributed by atoms with van der Waals surface area (Å²) < 4.78 is 0. The number of fused-ring (bicyclic) bond motifs is 1. The van der Waals surface area contributed by atoms with Gasteiger partial charge in [0.2, 0.25) is 0 Å². The van der Waals surface area contributed by atoms with E-state index in [-0.39, 0.29) is 6.04 Å². The molecule has 2 fully saturated rings. The summed E-state index contributed by atoms with van der Waals surface area (Å²) in [6.45, 7) is 0.918. The van der Waals surface area contributed by atoms with Crippen molar-refractivity contribution >= 4 is 5.97 Å². The molecule has 0 aromatic heterocycles. The lowest BCUT2D eigenvalue weighted by Gasteiger charge is -2.26.